The molecule has 0 aliphatic heterocycles. The summed E-state index contributed by atoms with van der Waals surface area (Å²) in [6.45, 7) is 0. The second-order valence-corrected chi connectivity index (χ2v) is 7.27. The van der Waals surface area contributed by atoms with Crippen molar-refractivity contribution in [2.45, 2.75) is 4.90 Å². The topological polar surface area (TPSA) is 101 Å². The number of aryl methyl sites for hydroxylation is 1. The SMILES string of the molecule is COc1cc2c(ccc(=O)n2C)cc1NS(=O)(=O)c1ccc(C#N)cc1. The Morgan fingerprint density at radius 1 is 1.12 bits per heavy atom. The summed E-state index contributed by atoms with van der Waals surface area (Å²) in [5.74, 6) is 0.288. The van der Waals surface area contributed by atoms with Crippen LogP contribution in [0.15, 0.2) is 58.2 Å². The molecule has 0 saturated heterocycles. The van der Waals surface area contributed by atoms with Crippen LogP contribution in [-0.2, 0) is 17.1 Å². The quantitative estimate of drug-likeness (QED) is 0.760. The highest BCUT2D eigenvalue weighted by Gasteiger charge is 2.18. The normalized spacial score (nSPS) is 11.1. The van der Waals surface area contributed by atoms with Gasteiger partial charge < -0.3 is 9.30 Å². The highest BCUT2D eigenvalue weighted by atomic mass is 32.2. The molecular formula is C18H15N3O4S. The summed E-state index contributed by atoms with van der Waals surface area (Å²) in [5, 5.41) is 9.51. The second-order valence-electron chi connectivity index (χ2n) is 5.58. The average Bonchev–Trinajstić information content (AvgIpc) is 2.64. The number of anilines is 1. The Balaban J connectivity index is 2.08. The molecule has 7 nitrogen and oxygen atoms in total. The fraction of sp³-hybridized carbons (Fsp3) is 0.111. The fourth-order valence-electron chi connectivity index (χ4n) is 2.56. The Labute approximate surface area is 150 Å². The maximum absolute atomic E-state index is 12.6. The lowest BCUT2D eigenvalue weighted by Gasteiger charge is -2.14. The van der Waals surface area contributed by atoms with E-state index < -0.39 is 10.0 Å². The lowest BCUT2D eigenvalue weighted by molar-refractivity contribution is 0.417. The molecule has 0 atom stereocenters. The third-order valence-corrected chi connectivity index (χ3v) is 5.37. The summed E-state index contributed by atoms with van der Waals surface area (Å²) in [5.41, 5.74) is 1.07. The van der Waals surface area contributed by atoms with Crippen molar-refractivity contribution in [1.29, 1.82) is 5.26 Å². The molecule has 0 unspecified atom stereocenters. The van der Waals surface area contributed by atoms with Gasteiger partial charge in [0.2, 0.25) is 0 Å². The van der Waals surface area contributed by atoms with Crippen molar-refractivity contribution in [2.75, 3.05) is 11.8 Å². The smallest absolute Gasteiger partial charge is 0.262 e. The molecule has 0 aliphatic carbocycles. The number of hydrogen-bond donors (Lipinski definition) is 1. The molecule has 0 radical (unpaired) electrons. The van der Waals surface area contributed by atoms with Crippen LogP contribution in [0.5, 0.6) is 5.75 Å². The number of fused-ring (bicyclic) bond motifs is 1. The minimum absolute atomic E-state index is 0.0270. The van der Waals surface area contributed by atoms with Gasteiger partial charge in [0.1, 0.15) is 5.75 Å². The Morgan fingerprint density at radius 2 is 1.81 bits per heavy atom. The highest BCUT2D eigenvalue weighted by molar-refractivity contribution is 7.92. The molecule has 1 aromatic heterocycles. The predicted molar refractivity (Wildman–Crippen MR) is 97.7 cm³/mol. The van der Waals surface area contributed by atoms with Gasteiger partial charge in [0.15, 0.2) is 0 Å². The summed E-state index contributed by atoms with van der Waals surface area (Å²) < 4.78 is 34.5. The molecule has 1 heterocycles. The molecule has 0 saturated carbocycles. The van der Waals surface area contributed by atoms with Gasteiger partial charge in [-0.05, 0) is 36.4 Å². The molecule has 3 rings (SSSR count). The second kappa shape index (κ2) is 6.54. The van der Waals surface area contributed by atoms with Gasteiger partial charge in [-0.3, -0.25) is 9.52 Å². The Hall–Kier alpha value is -3.31. The Morgan fingerprint density at radius 3 is 2.42 bits per heavy atom. The zero-order chi connectivity index (χ0) is 18.9. The van der Waals surface area contributed by atoms with E-state index in [2.05, 4.69) is 4.72 Å². The number of nitrogens with zero attached hydrogens (tertiary/aromatic N) is 2. The van der Waals surface area contributed by atoms with Gasteiger partial charge in [-0.25, -0.2) is 8.42 Å². The molecule has 0 fully saturated rings. The zero-order valence-electron chi connectivity index (χ0n) is 14.1. The number of pyridine rings is 1. The van der Waals surface area contributed by atoms with Crippen molar-refractivity contribution in [3.05, 3.63) is 64.4 Å². The number of aromatic nitrogens is 1. The molecule has 0 bridgehead atoms. The van der Waals surface area contributed by atoms with E-state index >= 15 is 0 Å². The maximum Gasteiger partial charge on any atom is 0.262 e. The van der Waals surface area contributed by atoms with Crippen LogP contribution in [0.4, 0.5) is 5.69 Å². The van der Waals surface area contributed by atoms with Crippen LogP contribution in [0.25, 0.3) is 10.9 Å². The number of hydrogen-bond acceptors (Lipinski definition) is 5. The van der Waals surface area contributed by atoms with E-state index in [0.29, 0.717) is 16.5 Å². The van der Waals surface area contributed by atoms with Crippen LogP contribution in [0.3, 0.4) is 0 Å². The van der Waals surface area contributed by atoms with Crippen LogP contribution in [-0.4, -0.2) is 20.1 Å². The van der Waals surface area contributed by atoms with Gasteiger partial charge in [-0.2, -0.15) is 5.26 Å². The number of ether oxygens (including phenoxy) is 1. The summed E-state index contributed by atoms with van der Waals surface area (Å²) in [6, 6.07) is 13.8. The van der Waals surface area contributed by atoms with Crippen LogP contribution < -0.4 is 15.0 Å². The number of rotatable bonds is 4. The number of methoxy groups -OCH3 is 1. The van der Waals surface area contributed by atoms with Crippen LogP contribution in [0.1, 0.15) is 5.56 Å². The number of nitrogens with one attached hydrogen (secondary N) is 1. The van der Waals surface area contributed by atoms with Crippen molar-refractivity contribution in [3.8, 4) is 11.8 Å². The molecule has 0 aliphatic rings. The minimum atomic E-state index is -3.87. The summed E-state index contributed by atoms with van der Waals surface area (Å²) >= 11 is 0. The van der Waals surface area contributed by atoms with Crippen LogP contribution >= 0.6 is 0 Å². The zero-order valence-corrected chi connectivity index (χ0v) is 14.9. The van der Waals surface area contributed by atoms with Gasteiger partial charge in [0, 0.05) is 24.6 Å². The molecule has 3 aromatic rings. The summed E-state index contributed by atoms with van der Waals surface area (Å²) in [7, 11) is -0.818. The molecule has 1 N–H and O–H groups in total. The van der Waals surface area contributed by atoms with Gasteiger partial charge in [-0.1, -0.05) is 0 Å². The molecule has 8 heteroatoms. The van der Waals surface area contributed by atoms with Gasteiger partial charge >= 0.3 is 0 Å². The lowest BCUT2D eigenvalue weighted by atomic mass is 10.2. The number of nitriles is 1. The standard InChI is InChI=1S/C18H15N3O4S/c1-21-16-10-17(25-2)15(9-13(16)5-8-18(21)22)20-26(23,24)14-6-3-12(11-19)4-7-14/h3-10,20H,1-2H3. The lowest BCUT2D eigenvalue weighted by Crippen LogP contribution is -2.16. The molecular weight excluding hydrogens is 354 g/mol. The Kier molecular flexibility index (Phi) is 4.40. The van der Waals surface area contributed by atoms with E-state index in [9.17, 15) is 13.2 Å². The fourth-order valence-corrected chi connectivity index (χ4v) is 3.62. The van der Waals surface area contributed by atoms with Crippen molar-refractivity contribution >= 4 is 26.6 Å². The predicted octanol–water partition coefficient (Wildman–Crippen LogP) is 2.22. The van der Waals surface area contributed by atoms with E-state index in [1.54, 1.807) is 25.2 Å². The van der Waals surface area contributed by atoms with Crippen LogP contribution in [0, 0.1) is 11.3 Å². The van der Waals surface area contributed by atoms with E-state index in [-0.39, 0.29) is 21.9 Å². The summed E-state index contributed by atoms with van der Waals surface area (Å²) in [6.07, 6.45) is 0. The first kappa shape index (κ1) is 17.5. The van der Waals surface area contributed by atoms with Gasteiger partial charge in [0.25, 0.3) is 15.6 Å². The first-order valence-electron chi connectivity index (χ1n) is 7.56. The van der Waals surface area contributed by atoms with E-state index in [1.165, 1.54) is 42.0 Å². The highest BCUT2D eigenvalue weighted by Crippen LogP contribution is 2.31. The van der Waals surface area contributed by atoms with Gasteiger partial charge in [0.05, 0.1) is 34.8 Å². The number of benzene rings is 2. The monoisotopic (exact) mass is 369 g/mol. The number of sulfonamides is 1. The van der Waals surface area contributed by atoms with Gasteiger partial charge in [-0.15, -0.1) is 0 Å². The van der Waals surface area contributed by atoms with Crippen molar-refractivity contribution in [1.82, 2.24) is 4.57 Å². The van der Waals surface area contributed by atoms with E-state index in [1.807, 2.05) is 6.07 Å². The minimum Gasteiger partial charge on any atom is -0.494 e. The van der Waals surface area contributed by atoms with E-state index in [4.69, 9.17) is 10.00 Å². The molecule has 2 aromatic carbocycles. The maximum atomic E-state index is 12.6. The van der Waals surface area contributed by atoms with Crippen molar-refractivity contribution in [2.24, 2.45) is 7.05 Å². The third kappa shape index (κ3) is 3.12. The van der Waals surface area contributed by atoms with Crippen molar-refractivity contribution in [3.63, 3.8) is 0 Å². The first-order valence-corrected chi connectivity index (χ1v) is 9.05. The van der Waals surface area contributed by atoms with Crippen LogP contribution in [0.2, 0.25) is 0 Å². The average molecular weight is 369 g/mol. The molecule has 26 heavy (non-hydrogen) atoms. The third-order valence-electron chi connectivity index (χ3n) is 3.98. The largest absolute Gasteiger partial charge is 0.494 e. The van der Waals surface area contributed by atoms with E-state index in [0.717, 1.165) is 0 Å². The van der Waals surface area contributed by atoms with Crippen molar-refractivity contribution < 1.29 is 13.2 Å². The molecule has 132 valence electrons. The first-order chi connectivity index (χ1) is 12.4. The Bertz CT molecular complexity index is 1190. The molecule has 0 amide bonds. The molecule has 0 spiro atoms. The summed E-state index contributed by atoms with van der Waals surface area (Å²) in [4.78, 5) is 11.8.